The van der Waals surface area contributed by atoms with Crippen LogP contribution in [0.5, 0.6) is 0 Å². The van der Waals surface area contributed by atoms with Gasteiger partial charge in [-0.3, -0.25) is 0 Å². The zero-order chi connectivity index (χ0) is 12.1. The molecular weight excluding hydrogens is 298 g/mol. The highest BCUT2D eigenvalue weighted by molar-refractivity contribution is 9.10. The van der Waals surface area contributed by atoms with Gasteiger partial charge in [0.25, 0.3) is 0 Å². The number of nitrogens with one attached hydrogen (secondary N) is 1. The Morgan fingerprint density at radius 2 is 2.29 bits per heavy atom. The van der Waals surface area contributed by atoms with Crippen LogP contribution in [0.4, 0.5) is 0 Å². The molecule has 17 heavy (non-hydrogen) atoms. The monoisotopic (exact) mass is 313 g/mol. The molecule has 1 N–H and O–H groups in total. The molecule has 0 saturated carbocycles. The average molecular weight is 314 g/mol. The predicted octanol–water partition coefficient (Wildman–Crippen LogP) is 4.39. The van der Waals surface area contributed by atoms with E-state index < -0.39 is 0 Å². The quantitative estimate of drug-likeness (QED) is 0.855. The van der Waals surface area contributed by atoms with E-state index in [2.05, 4.69) is 45.0 Å². The number of furan rings is 1. The van der Waals surface area contributed by atoms with E-state index in [1.165, 1.54) is 5.56 Å². The highest BCUT2D eigenvalue weighted by Crippen LogP contribution is 2.24. The van der Waals surface area contributed by atoms with Crippen LogP contribution in [-0.4, -0.2) is 6.54 Å². The van der Waals surface area contributed by atoms with Crippen LogP contribution in [0.25, 0.3) is 0 Å². The summed E-state index contributed by atoms with van der Waals surface area (Å²) in [5, 5.41) is 7.84. The van der Waals surface area contributed by atoms with Gasteiger partial charge in [0.2, 0.25) is 0 Å². The number of thiophene rings is 1. The third-order valence-corrected chi connectivity index (χ3v) is 3.76. The molecule has 0 aliphatic heterocycles. The molecule has 0 amide bonds. The maximum atomic E-state index is 5.65. The third-order valence-electron chi connectivity index (χ3n) is 2.60. The van der Waals surface area contributed by atoms with Gasteiger partial charge in [0, 0.05) is 0 Å². The van der Waals surface area contributed by atoms with Crippen LogP contribution in [0.3, 0.4) is 0 Å². The molecule has 2 nitrogen and oxygen atoms in total. The molecule has 0 bridgehead atoms. The first-order valence-electron chi connectivity index (χ1n) is 5.79. The summed E-state index contributed by atoms with van der Waals surface area (Å²) in [5.41, 5.74) is 1.36. The van der Waals surface area contributed by atoms with Gasteiger partial charge in [0.05, 0.1) is 6.04 Å². The van der Waals surface area contributed by atoms with Gasteiger partial charge in [-0.25, -0.2) is 0 Å². The van der Waals surface area contributed by atoms with Crippen molar-refractivity contribution in [3.8, 4) is 0 Å². The zero-order valence-corrected chi connectivity index (χ0v) is 12.2. The summed E-state index contributed by atoms with van der Waals surface area (Å²) < 4.78 is 6.44. The summed E-state index contributed by atoms with van der Waals surface area (Å²) in [4.78, 5) is 0. The summed E-state index contributed by atoms with van der Waals surface area (Å²) >= 11 is 5.09. The maximum Gasteiger partial charge on any atom is 0.169 e. The van der Waals surface area contributed by atoms with Crippen molar-refractivity contribution in [1.29, 1.82) is 0 Å². The molecule has 92 valence electrons. The topological polar surface area (TPSA) is 25.2 Å². The van der Waals surface area contributed by atoms with Crippen molar-refractivity contribution in [2.75, 3.05) is 6.54 Å². The van der Waals surface area contributed by atoms with Crippen molar-refractivity contribution in [2.45, 2.75) is 25.8 Å². The predicted molar refractivity (Wildman–Crippen MR) is 75.5 cm³/mol. The lowest BCUT2D eigenvalue weighted by Crippen LogP contribution is -2.23. The Hall–Kier alpha value is -0.580. The average Bonchev–Trinajstić information content (AvgIpc) is 2.95. The summed E-state index contributed by atoms with van der Waals surface area (Å²) in [5.74, 6) is 0.997. The lowest BCUT2D eigenvalue weighted by Gasteiger charge is -2.15. The first-order valence-corrected chi connectivity index (χ1v) is 7.53. The van der Waals surface area contributed by atoms with Gasteiger partial charge in [-0.1, -0.05) is 6.92 Å². The Kier molecular flexibility index (Phi) is 4.83. The van der Waals surface area contributed by atoms with Crippen LogP contribution in [0.1, 0.15) is 30.7 Å². The highest BCUT2D eigenvalue weighted by atomic mass is 79.9. The number of hydrogen-bond acceptors (Lipinski definition) is 3. The maximum absolute atomic E-state index is 5.65. The fourth-order valence-electron chi connectivity index (χ4n) is 1.75. The van der Waals surface area contributed by atoms with Gasteiger partial charge in [0.15, 0.2) is 4.67 Å². The second-order valence-electron chi connectivity index (χ2n) is 3.98. The smallest absolute Gasteiger partial charge is 0.169 e. The lowest BCUT2D eigenvalue weighted by atomic mass is 10.1. The number of rotatable bonds is 6. The van der Waals surface area contributed by atoms with Crippen LogP contribution in [0.2, 0.25) is 0 Å². The van der Waals surface area contributed by atoms with E-state index in [9.17, 15) is 0 Å². The van der Waals surface area contributed by atoms with Crippen molar-refractivity contribution in [2.24, 2.45) is 0 Å². The molecule has 2 rings (SSSR count). The van der Waals surface area contributed by atoms with Crippen LogP contribution >= 0.6 is 27.3 Å². The van der Waals surface area contributed by atoms with E-state index in [0.29, 0.717) is 0 Å². The number of hydrogen-bond donors (Lipinski definition) is 1. The van der Waals surface area contributed by atoms with Crippen molar-refractivity contribution in [3.05, 3.63) is 45.0 Å². The van der Waals surface area contributed by atoms with Crippen LogP contribution in [0, 0.1) is 0 Å². The molecule has 4 heteroatoms. The van der Waals surface area contributed by atoms with E-state index in [-0.39, 0.29) is 6.04 Å². The van der Waals surface area contributed by atoms with Gasteiger partial charge in [-0.15, -0.1) is 0 Å². The van der Waals surface area contributed by atoms with Crippen molar-refractivity contribution < 1.29 is 4.42 Å². The molecule has 0 aromatic carbocycles. The Morgan fingerprint density at radius 3 is 2.88 bits per heavy atom. The van der Waals surface area contributed by atoms with E-state index in [4.69, 9.17) is 4.42 Å². The first kappa shape index (κ1) is 12.9. The van der Waals surface area contributed by atoms with Crippen LogP contribution in [0.15, 0.2) is 38.0 Å². The first-order chi connectivity index (χ1) is 8.29. The van der Waals surface area contributed by atoms with E-state index in [1.54, 1.807) is 11.3 Å². The molecule has 1 unspecified atom stereocenters. The summed E-state index contributed by atoms with van der Waals surface area (Å²) in [6.45, 7) is 3.18. The molecule has 2 heterocycles. The fourth-order valence-corrected chi connectivity index (χ4v) is 2.75. The Bertz CT molecular complexity index is 438. The molecular formula is C13H16BrNOS. The molecule has 0 radical (unpaired) electrons. The van der Waals surface area contributed by atoms with Crippen LogP contribution in [-0.2, 0) is 6.42 Å². The van der Waals surface area contributed by atoms with E-state index in [1.807, 2.05) is 12.1 Å². The van der Waals surface area contributed by atoms with E-state index >= 15 is 0 Å². The van der Waals surface area contributed by atoms with Gasteiger partial charge >= 0.3 is 0 Å². The standard InChI is InChI=1S/C13H16BrNOS/c1-2-6-15-11(8-10-5-7-17-9-10)12-3-4-13(14)16-12/h3-5,7,9,11,15H,2,6,8H2,1H3. The normalized spacial score (nSPS) is 12.8. The Morgan fingerprint density at radius 1 is 1.41 bits per heavy atom. The van der Waals surface area contributed by atoms with Gasteiger partial charge in [-0.2, -0.15) is 11.3 Å². The Labute approximate surface area is 114 Å². The van der Waals surface area contributed by atoms with Gasteiger partial charge in [-0.05, 0) is 69.8 Å². The van der Waals surface area contributed by atoms with Crippen molar-refractivity contribution >= 4 is 27.3 Å². The molecule has 0 fully saturated rings. The summed E-state index contributed by atoms with van der Waals surface area (Å²) in [6.07, 6.45) is 2.10. The molecule has 2 aromatic rings. The molecule has 0 saturated heterocycles. The number of halogens is 1. The summed E-state index contributed by atoms with van der Waals surface area (Å²) in [7, 11) is 0. The highest BCUT2D eigenvalue weighted by Gasteiger charge is 2.15. The molecule has 0 spiro atoms. The largest absolute Gasteiger partial charge is 0.453 e. The summed E-state index contributed by atoms with van der Waals surface area (Å²) in [6, 6.07) is 6.41. The lowest BCUT2D eigenvalue weighted by molar-refractivity contribution is 0.400. The van der Waals surface area contributed by atoms with Crippen LogP contribution < -0.4 is 5.32 Å². The van der Waals surface area contributed by atoms with Gasteiger partial charge in [0.1, 0.15) is 5.76 Å². The van der Waals surface area contributed by atoms with Crippen molar-refractivity contribution in [3.63, 3.8) is 0 Å². The van der Waals surface area contributed by atoms with E-state index in [0.717, 1.165) is 29.8 Å². The van der Waals surface area contributed by atoms with Crippen molar-refractivity contribution in [1.82, 2.24) is 5.32 Å². The molecule has 0 aliphatic rings. The second-order valence-corrected chi connectivity index (χ2v) is 5.55. The minimum Gasteiger partial charge on any atom is -0.453 e. The zero-order valence-electron chi connectivity index (χ0n) is 9.78. The molecule has 0 aliphatic carbocycles. The minimum atomic E-state index is 0.260. The third kappa shape index (κ3) is 3.69. The fraction of sp³-hybridized carbons (Fsp3) is 0.385. The second kappa shape index (κ2) is 6.38. The van der Waals surface area contributed by atoms with Gasteiger partial charge < -0.3 is 9.73 Å². The minimum absolute atomic E-state index is 0.260. The Balaban J connectivity index is 2.07. The molecule has 2 aromatic heterocycles. The SMILES string of the molecule is CCCNC(Cc1ccsc1)c1ccc(Br)o1. The molecule has 1 atom stereocenters.